The quantitative estimate of drug-likeness (QED) is 0.295. The first kappa shape index (κ1) is 29.6. The fourth-order valence-electron chi connectivity index (χ4n) is 5.63. The van der Waals surface area contributed by atoms with Crippen LogP contribution in [0.4, 0.5) is 0 Å². The van der Waals surface area contributed by atoms with Gasteiger partial charge in [0.2, 0.25) is 0 Å². The SMILES string of the molecule is O=C(c1cccc2ccccc12)N1CCN(CCc2ccc(OCCCN3CCCCCC3)cc2)CC1.O=CO. The molecule has 0 spiro atoms. The van der Waals surface area contributed by atoms with Crippen LogP contribution in [0.15, 0.2) is 66.7 Å². The number of carbonyl (C=O) groups excluding carboxylic acids is 1. The van der Waals surface area contributed by atoms with Crippen LogP contribution in [-0.4, -0.2) is 91.2 Å². The molecule has 0 saturated carbocycles. The predicted molar refractivity (Wildman–Crippen MR) is 160 cm³/mol. The number of amides is 1. The van der Waals surface area contributed by atoms with E-state index in [0.717, 1.165) is 80.8 Å². The molecule has 2 aliphatic rings. The van der Waals surface area contributed by atoms with Crippen molar-refractivity contribution in [2.24, 2.45) is 0 Å². The van der Waals surface area contributed by atoms with Crippen molar-refractivity contribution >= 4 is 23.2 Å². The van der Waals surface area contributed by atoms with E-state index in [-0.39, 0.29) is 12.4 Å². The molecule has 3 aromatic rings. The lowest BCUT2D eigenvalue weighted by Gasteiger charge is -2.35. The van der Waals surface area contributed by atoms with Crippen molar-refractivity contribution in [1.29, 1.82) is 0 Å². The Labute approximate surface area is 238 Å². The minimum atomic E-state index is -0.250. The molecule has 2 heterocycles. The Bertz CT molecular complexity index is 1180. The molecule has 0 aromatic heterocycles. The van der Waals surface area contributed by atoms with E-state index in [4.69, 9.17) is 14.6 Å². The molecule has 5 rings (SSSR count). The van der Waals surface area contributed by atoms with E-state index < -0.39 is 0 Å². The predicted octanol–water partition coefficient (Wildman–Crippen LogP) is 5.19. The van der Waals surface area contributed by atoms with Gasteiger partial charge < -0.3 is 19.6 Å². The van der Waals surface area contributed by atoms with Crippen molar-refractivity contribution in [3.05, 3.63) is 77.9 Å². The van der Waals surface area contributed by atoms with Gasteiger partial charge in [-0.15, -0.1) is 0 Å². The van der Waals surface area contributed by atoms with Crippen molar-refractivity contribution in [1.82, 2.24) is 14.7 Å². The van der Waals surface area contributed by atoms with Crippen LogP contribution < -0.4 is 4.74 Å². The zero-order chi connectivity index (χ0) is 28.0. The first-order chi connectivity index (χ1) is 19.7. The molecule has 7 heteroatoms. The van der Waals surface area contributed by atoms with E-state index in [1.54, 1.807) is 0 Å². The molecular formula is C33H43N3O4. The van der Waals surface area contributed by atoms with E-state index in [1.807, 2.05) is 35.2 Å². The average molecular weight is 546 g/mol. The maximum absolute atomic E-state index is 13.2. The van der Waals surface area contributed by atoms with Gasteiger partial charge >= 0.3 is 0 Å². The van der Waals surface area contributed by atoms with Crippen LogP contribution in [0, 0.1) is 0 Å². The van der Waals surface area contributed by atoms with E-state index in [0.29, 0.717) is 0 Å². The van der Waals surface area contributed by atoms with Gasteiger partial charge in [0.25, 0.3) is 12.4 Å². The van der Waals surface area contributed by atoms with Crippen molar-refractivity contribution in [3.63, 3.8) is 0 Å². The largest absolute Gasteiger partial charge is 0.494 e. The van der Waals surface area contributed by atoms with Gasteiger partial charge in [0, 0.05) is 44.8 Å². The number of piperazine rings is 1. The number of nitrogens with zero attached hydrogens (tertiary/aromatic N) is 3. The molecule has 0 atom stereocenters. The highest BCUT2D eigenvalue weighted by molar-refractivity contribution is 6.07. The van der Waals surface area contributed by atoms with Crippen LogP contribution >= 0.6 is 0 Å². The molecule has 1 amide bonds. The molecule has 0 bridgehead atoms. The number of rotatable bonds is 9. The molecular weight excluding hydrogens is 502 g/mol. The van der Waals surface area contributed by atoms with Gasteiger partial charge in [-0.25, -0.2) is 0 Å². The normalized spacial score (nSPS) is 16.6. The minimum Gasteiger partial charge on any atom is -0.494 e. The first-order valence-electron chi connectivity index (χ1n) is 14.7. The lowest BCUT2D eigenvalue weighted by molar-refractivity contribution is -0.122. The second-order valence-electron chi connectivity index (χ2n) is 10.6. The molecule has 0 aliphatic carbocycles. The molecule has 0 radical (unpaired) electrons. The van der Waals surface area contributed by atoms with Gasteiger partial charge in [-0.2, -0.15) is 0 Å². The summed E-state index contributed by atoms with van der Waals surface area (Å²) >= 11 is 0. The second kappa shape index (κ2) is 16.0. The highest BCUT2D eigenvalue weighted by Gasteiger charge is 2.23. The Morgan fingerprint density at radius 3 is 2.15 bits per heavy atom. The monoisotopic (exact) mass is 545 g/mol. The summed E-state index contributed by atoms with van der Waals surface area (Å²) in [5.74, 6) is 1.12. The van der Waals surface area contributed by atoms with Gasteiger partial charge in [0.15, 0.2) is 0 Å². The highest BCUT2D eigenvalue weighted by atomic mass is 16.5. The standard InChI is InChI=1S/C32H41N3O2.CH2O2/c36-32(31-12-7-10-28-9-3-4-11-30(28)31)35-24-22-34(23-25-35)21-17-27-13-15-29(16-14-27)37-26-8-20-33-18-5-1-2-6-19-33;2-1-3/h3-4,7,9-16H,1-2,5-6,8,17-26H2;1H,(H,2,3). The van der Waals surface area contributed by atoms with Crippen LogP contribution in [0.2, 0.25) is 0 Å². The molecule has 0 unspecified atom stereocenters. The molecule has 3 aromatic carbocycles. The highest BCUT2D eigenvalue weighted by Crippen LogP contribution is 2.21. The topological polar surface area (TPSA) is 73.3 Å². The van der Waals surface area contributed by atoms with Crippen molar-refractivity contribution < 1.29 is 19.4 Å². The van der Waals surface area contributed by atoms with Crippen molar-refractivity contribution in [2.75, 3.05) is 59.0 Å². The summed E-state index contributed by atoms with van der Waals surface area (Å²) in [5, 5.41) is 9.05. The van der Waals surface area contributed by atoms with Crippen LogP contribution in [-0.2, 0) is 11.2 Å². The molecule has 7 nitrogen and oxygen atoms in total. The second-order valence-corrected chi connectivity index (χ2v) is 10.6. The van der Waals surface area contributed by atoms with Crippen LogP contribution in [0.25, 0.3) is 10.8 Å². The minimum absolute atomic E-state index is 0.151. The summed E-state index contributed by atoms with van der Waals surface area (Å²) < 4.78 is 6.00. The summed E-state index contributed by atoms with van der Waals surface area (Å²) in [6, 6.07) is 22.8. The van der Waals surface area contributed by atoms with E-state index in [9.17, 15) is 4.79 Å². The van der Waals surface area contributed by atoms with Gasteiger partial charge in [0.05, 0.1) is 6.61 Å². The fourth-order valence-corrected chi connectivity index (χ4v) is 5.63. The van der Waals surface area contributed by atoms with Gasteiger partial charge in [-0.05, 0) is 73.3 Å². The van der Waals surface area contributed by atoms with Crippen LogP contribution in [0.3, 0.4) is 0 Å². The van der Waals surface area contributed by atoms with E-state index in [2.05, 4.69) is 46.2 Å². The first-order valence-corrected chi connectivity index (χ1v) is 14.7. The number of ether oxygens (including phenoxy) is 1. The lowest BCUT2D eigenvalue weighted by atomic mass is 10.0. The Balaban J connectivity index is 0.00000118. The third-order valence-corrected chi connectivity index (χ3v) is 7.91. The molecule has 40 heavy (non-hydrogen) atoms. The summed E-state index contributed by atoms with van der Waals surface area (Å²) in [4.78, 5) is 28.7. The Kier molecular flexibility index (Phi) is 11.8. The summed E-state index contributed by atoms with van der Waals surface area (Å²) in [6.45, 7) is 8.64. The maximum Gasteiger partial charge on any atom is 0.290 e. The summed E-state index contributed by atoms with van der Waals surface area (Å²) in [5.41, 5.74) is 2.15. The van der Waals surface area contributed by atoms with Crippen LogP contribution in [0.1, 0.15) is 48.0 Å². The Hall–Kier alpha value is -3.42. The number of fused-ring (bicyclic) bond motifs is 1. The maximum atomic E-state index is 13.2. The zero-order valence-corrected chi connectivity index (χ0v) is 23.5. The molecule has 2 aliphatic heterocycles. The number of carboxylic acid groups (broad SMARTS) is 1. The number of benzene rings is 3. The number of hydrogen-bond acceptors (Lipinski definition) is 5. The zero-order valence-electron chi connectivity index (χ0n) is 23.5. The summed E-state index contributed by atoms with van der Waals surface area (Å²) in [6.07, 6.45) is 7.59. The van der Waals surface area contributed by atoms with Gasteiger partial charge in [-0.1, -0.05) is 61.4 Å². The lowest BCUT2D eigenvalue weighted by Crippen LogP contribution is -2.49. The fraction of sp³-hybridized carbons (Fsp3) is 0.455. The van der Waals surface area contributed by atoms with E-state index >= 15 is 0 Å². The third kappa shape index (κ3) is 8.80. The van der Waals surface area contributed by atoms with Crippen molar-refractivity contribution in [3.8, 4) is 5.75 Å². The van der Waals surface area contributed by atoms with Gasteiger partial charge in [0.1, 0.15) is 5.75 Å². The molecule has 2 saturated heterocycles. The number of likely N-dealkylation sites (tertiary alicyclic amines) is 1. The summed E-state index contributed by atoms with van der Waals surface area (Å²) in [7, 11) is 0. The average Bonchev–Trinajstić information content (AvgIpc) is 3.28. The Morgan fingerprint density at radius 1 is 0.775 bits per heavy atom. The molecule has 214 valence electrons. The molecule has 2 fully saturated rings. The van der Waals surface area contributed by atoms with Crippen LogP contribution in [0.5, 0.6) is 5.75 Å². The smallest absolute Gasteiger partial charge is 0.290 e. The number of carbonyl (C=O) groups is 2. The molecule has 1 N–H and O–H groups in total. The van der Waals surface area contributed by atoms with E-state index in [1.165, 1.54) is 44.3 Å². The third-order valence-electron chi connectivity index (χ3n) is 7.91. The van der Waals surface area contributed by atoms with Crippen molar-refractivity contribution in [2.45, 2.75) is 38.5 Å². The van der Waals surface area contributed by atoms with Gasteiger partial charge in [-0.3, -0.25) is 14.5 Å². The Morgan fingerprint density at radius 2 is 1.43 bits per heavy atom. The number of hydrogen-bond donors (Lipinski definition) is 1.